The highest BCUT2D eigenvalue weighted by Crippen LogP contribution is 2.30. The van der Waals surface area contributed by atoms with Gasteiger partial charge in [0.15, 0.2) is 0 Å². The number of para-hydroxylation sites is 2. The lowest BCUT2D eigenvalue weighted by Crippen LogP contribution is -2.41. The third-order valence-corrected chi connectivity index (χ3v) is 5.50. The molecule has 0 aliphatic carbocycles. The van der Waals surface area contributed by atoms with E-state index in [0.29, 0.717) is 26.2 Å². The van der Waals surface area contributed by atoms with Crippen molar-refractivity contribution in [1.29, 1.82) is 0 Å². The first kappa shape index (κ1) is 22.1. The predicted molar refractivity (Wildman–Crippen MR) is 116 cm³/mol. The highest BCUT2D eigenvalue weighted by Gasteiger charge is 2.27. The van der Waals surface area contributed by atoms with Gasteiger partial charge >= 0.3 is 6.03 Å². The zero-order valence-electron chi connectivity index (χ0n) is 18.5. The number of hydrogen-bond donors (Lipinski definition) is 1. The molecule has 1 N–H and O–H groups in total. The Kier molecular flexibility index (Phi) is 7.70. The molecule has 0 unspecified atom stereocenters. The molecule has 8 nitrogen and oxygen atoms in total. The van der Waals surface area contributed by atoms with Crippen LogP contribution in [0.15, 0.2) is 24.3 Å². The molecule has 30 heavy (non-hydrogen) atoms. The average Bonchev–Trinajstić information content (AvgIpc) is 3.13. The molecule has 0 atom stereocenters. The van der Waals surface area contributed by atoms with Crippen molar-refractivity contribution >= 4 is 6.03 Å². The lowest BCUT2D eigenvalue weighted by Gasteiger charge is -2.27. The number of hydrogen-bond acceptors (Lipinski definition) is 5. The topological polar surface area (TPSA) is 71.9 Å². The standard InChI is InChI=1S/C22H33N5O3/c1-5-23-22(28)26(13-14-29-3)16-18-17-15-25(6-2)12-11-19(17)27(24-18)20-9-7-8-10-21(20)30-4/h7-10H,5-6,11-16H2,1-4H3,(H,23,28). The second-order valence-electron chi connectivity index (χ2n) is 7.32. The van der Waals surface area contributed by atoms with Gasteiger partial charge in [-0.05, 0) is 25.6 Å². The number of methoxy groups -OCH3 is 2. The van der Waals surface area contributed by atoms with Gasteiger partial charge in [0.1, 0.15) is 11.4 Å². The smallest absolute Gasteiger partial charge is 0.317 e. The average molecular weight is 416 g/mol. The van der Waals surface area contributed by atoms with Crippen LogP contribution >= 0.6 is 0 Å². The molecule has 1 aromatic heterocycles. The molecule has 2 amide bonds. The Morgan fingerprint density at radius 3 is 2.77 bits per heavy atom. The van der Waals surface area contributed by atoms with Crippen LogP contribution in [0.5, 0.6) is 5.75 Å². The Labute approximate surface area is 178 Å². The van der Waals surface area contributed by atoms with Crippen molar-refractivity contribution in [2.75, 3.05) is 47.0 Å². The van der Waals surface area contributed by atoms with Crippen LogP contribution in [0, 0.1) is 0 Å². The summed E-state index contributed by atoms with van der Waals surface area (Å²) < 4.78 is 12.8. The summed E-state index contributed by atoms with van der Waals surface area (Å²) in [5.74, 6) is 0.784. The molecule has 0 spiro atoms. The van der Waals surface area contributed by atoms with E-state index in [0.717, 1.165) is 43.2 Å². The fourth-order valence-electron chi connectivity index (χ4n) is 3.84. The lowest BCUT2D eigenvalue weighted by atomic mass is 10.0. The Hall–Kier alpha value is -2.58. The summed E-state index contributed by atoms with van der Waals surface area (Å²) in [5, 5.41) is 7.88. The van der Waals surface area contributed by atoms with Crippen LogP contribution < -0.4 is 10.1 Å². The monoisotopic (exact) mass is 415 g/mol. The molecule has 3 rings (SSSR count). The summed E-state index contributed by atoms with van der Waals surface area (Å²) >= 11 is 0. The number of nitrogens with one attached hydrogen (secondary N) is 1. The molecule has 2 heterocycles. The zero-order chi connectivity index (χ0) is 21.5. The number of aromatic nitrogens is 2. The largest absolute Gasteiger partial charge is 0.494 e. The second-order valence-corrected chi connectivity index (χ2v) is 7.32. The number of rotatable bonds is 9. The first-order valence-electron chi connectivity index (χ1n) is 10.6. The van der Waals surface area contributed by atoms with Crippen LogP contribution in [0.2, 0.25) is 0 Å². The molecule has 0 fully saturated rings. The molecule has 1 aliphatic heterocycles. The maximum absolute atomic E-state index is 12.6. The van der Waals surface area contributed by atoms with E-state index in [9.17, 15) is 4.79 Å². The van der Waals surface area contributed by atoms with Gasteiger partial charge in [-0.1, -0.05) is 19.1 Å². The second kappa shape index (κ2) is 10.4. The first-order chi connectivity index (χ1) is 14.6. The number of amides is 2. The number of urea groups is 1. The van der Waals surface area contributed by atoms with E-state index in [-0.39, 0.29) is 6.03 Å². The van der Waals surface area contributed by atoms with E-state index in [4.69, 9.17) is 14.6 Å². The van der Waals surface area contributed by atoms with E-state index in [1.165, 1.54) is 11.3 Å². The molecule has 1 aliphatic rings. The molecule has 0 bridgehead atoms. The van der Waals surface area contributed by atoms with Crippen molar-refractivity contribution in [1.82, 2.24) is 24.9 Å². The number of ether oxygens (including phenoxy) is 2. The maximum atomic E-state index is 12.6. The Morgan fingerprint density at radius 1 is 1.27 bits per heavy atom. The zero-order valence-corrected chi connectivity index (χ0v) is 18.5. The first-order valence-corrected chi connectivity index (χ1v) is 10.6. The SMILES string of the molecule is CCNC(=O)N(CCOC)Cc1nn(-c2ccccc2OC)c2c1CN(CC)CC2. The summed E-state index contributed by atoms with van der Waals surface area (Å²) in [4.78, 5) is 16.8. The number of benzene rings is 1. The summed E-state index contributed by atoms with van der Waals surface area (Å²) in [6.07, 6.45) is 0.910. The van der Waals surface area contributed by atoms with Gasteiger partial charge < -0.3 is 19.7 Å². The molecule has 0 saturated carbocycles. The molecule has 0 radical (unpaired) electrons. The maximum Gasteiger partial charge on any atom is 0.317 e. The van der Waals surface area contributed by atoms with Crippen molar-refractivity contribution in [3.8, 4) is 11.4 Å². The van der Waals surface area contributed by atoms with Crippen LogP contribution in [0.25, 0.3) is 5.69 Å². The molecular weight excluding hydrogens is 382 g/mol. The summed E-state index contributed by atoms with van der Waals surface area (Å²) in [6, 6.07) is 7.82. The highest BCUT2D eigenvalue weighted by atomic mass is 16.5. The van der Waals surface area contributed by atoms with Gasteiger partial charge in [-0.15, -0.1) is 0 Å². The Morgan fingerprint density at radius 2 is 2.07 bits per heavy atom. The van der Waals surface area contributed by atoms with Gasteiger partial charge in [-0.3, -0.25) is 4.90 Å². The van der Waals surface area contributed by atoms with Gasteiger partial charge in [0, 0.05) is 45.3 Å². The van der Waals surface area contributed by atoms with Crippen LogP contribution in [-0.4, -0.2) is 72.6 Å². The summed E-state index contributed by atoms with van der Waals surface area (Å²) in [7, 11) is 3.32. The number of likely N-dealkylation sites (N-methyl/N-ethyl adjacent to an activating group) is 1. The number of fused-ring (bicyclic) bond motifs is 1. The van der Waals surface area contributed by atoms with Crippen molar-refractivity contribution < 1.29 is 14.3 Å². The lowest BCUT2D eigenvalue weighted by molar-refractivity contribution is 0.146. The molecule has 0 saturated heterocycles. The number of nitrogens with zero attached hydrogens (tertiary/aromatic N) is 4. The van der Waals surface area contributed by atoms with E-state index in [1.807, 2.05) is 35.9 Å². The van der Waals surface area contributed by atoms with Crippen LogP contribution in [0.3, 0.4) is 0 Å². The minimum absolute atomic E-state index is 0.0988. The van der Waals surface area contributed by atoms with Crippen molar-refractivity contribution in [3.63, 3.8) is 0 Å². The third-order valence-electron chi connectivity index (χ3n) is 5.50. The van der Waals surface area contributed by atoms with E-state index < -0.39 is 0 Å². The van der Waals surface area contributed by atoms with Crippen molar-refractivity contribution in [2.24, 2.45) is 0 Å². The van der Waals surface area contributed by atoms with Crippen molar-refractivity contribution in [3.05, 3.63) is 41.2 Å². The Balaban J connectivity index is 2.01. The van der Waals surface area contributed by atoms with Gasteiger partial charge in [0.2, 0.25) is 0 Å². The van der Waals surface area contributed by atoms with Crippen molar-refractivity contribution in [2.45, 2.75) is 33.4 Å². The van der Waals surface area contributed by atoms with E-state index >= 15 is 0 Å². The summed E-state index contributed by atoms with van der Waals surface area (Å²) in [6.45, 7) is 8.93. The van der Waals surface area contributed by atoms with E-state index in [2.05, 4.69) is 17.1 Å². The Bertz CT molecular complexity index is 851. The fourth-order valence-corrected chi connectivity index (χ4v) is 3.84. The predicted octanol–water partition coefficient (Wildman–Crippen LogP) is 2.44. The quantitative estimate of drug-likeness (QED) is 0.681. The van der Waals surface area contributed by atoms with Gasteiger partial charge in [0.25, 0.3) is 0 Å². The van der Waals surface area contributed by atoms with Gasteiger partial charge in [-0.2, -0.15) is 5.10 Å². The summed E-state index contributed by atoms with van der Waals surface area (Å²) in [5.41, 5.74) is 4.26. The molecule has 164 valence electrons. The molecule has 1 aromatic carbocycles. The normalized spacial score (nSPS) is 13.7. The van der Waals surface area contributed by atoms with Gasteiger partial charge in [-0.25, -0.2) is 9.48 Å². The van der Waals surface area contributed by atoms with Crippen LogP contribution in [0.1, 0.15) is 30.8 Å². The number of carbonyl (C=O) groups is 1. The molecule has 8 heteroatoms. The molecule has 2 aromatic rings. The minimum atomic E-state index is -0.0988. The minimum Gasteiger partial charge on any atom is -0.494 e. The number of carbonyl (C=O) groups excluding carboxylic acids is 1. The highest BCUT2D eigenvalue weighted by molar-refractivity contribution is 5.74. The fraction of sp³-hybridized carbons (Fsp3) is 0.545. The van der Waals surface area contributed by atoms with E-state index in [1.54, 1.807) is 19.1 Å². The van der Waals surface area contributed by atoms with Crippen LogP contribution in [-0.2, 0) is 24.2 Å². The molecular formula is C22H33N5O3. The third kappa shape index (κ3) is 4.76. The van der Waals surface area contributed by atoms with Crippen LogP contribution in [0.4, 0.5) is 4.79 Å². The van der Waals surface area contributed by atoms with Gasteiger partial charge in [0.05, 0.1) is 31.6 Å².